The van der Waals surface area contributed by atoms with Gasteiger partial charge in [-0.05, 0) is 18.1 Å². The first kappa shape index (κ1) is 14.5. The minimum atomic E-state index is 0.467. The number of rotatable bonds is 6. The van der Waals surface area contributed by atoms with E-state index in [0.29, 0.717) is 24.0 Å². The van der Waals surface area contributed by atoms with Crippen LogP contribution in [0.2, 0.25) is 0 Å². The van der Waals surface area contributed by atoms with Gasteiger partial charge in [-0.1, -0.05) is 13.8 Å². The smallest absolute Gasteiger partial charge is 0.166 e. The Balaban J connectivity index is 2.41. The second kappa shape index (κ2) is 6.47. The van der Waals surface area contributed by atoms with Gasteiger partial charge in [0.2, 0.25) is 0 Å². The third-order valence-corrected chi connectivity index (χ3v) is 2.95. The second-order valence-corrected chi connectivity index (χ2v) is 5.14. The molecule has 0 aliphatic rings. The molecule has 2 heterocycles. The minimum absolute atomic E-state index is 0.467. The molecular weight excluding hydrogens is 254 g/mol. The summed E-state index contributed by atoms with van der Waals surface area (Å²) in [5, 5.41) is 0.915. The molecule has 2 aromatic rings. The first-order chi connectivity index (χ1) is 9.61. The molecule has 108 valence electrons. The van der Waals surface area contributed by atoms with Crippen LogP contribution in [0.4, 0.5) is 11.6 Å². The van der Waals surface area contributed by atoms with Gasteiger partial charge in [0.15, 0.2) is 5.65 Å². The molecule has 0 unspecified atom stereocenters. The molecule has 0 aliphatic heterocycles. The predicted molar refractivity (Wildman–Crippen MR) is 80.7 cm³/mol. The summed E-state index contributed by atoms with van der Waals surface area (Å²) in [4.78, 5) is 15.1. The maximum Gasteiger partial charge on any atom is 0.166 e. The SMILES string of the molecule is COCCN(CC(C)C)c1ncnc2nc(N)ccc12. The highest BCUT2D eigenvalue weighted by Gasteiger charge is 2.14. The molecule has 0 spiro atoms. The maximum atomic E-state index is 5.71. The van der Waals surface area contributed by atoms with E-state index in [0.717, 1.165) is 24.3 Å². The van der Waals surface area contributed by atoms with E-state index >= 15 is 0 Å². The molecule has 0 amide bonds. The number of nitrogens with two attached hydrogens (primary N) is 1. The molecule has 0 bridgehead atoms. The van der Waals surface area contributed by atoms with Crippen molar-refractivity contribution in [1.29, 1.82) is 0 Å². The third kappa shape index (κ3) is 3.33. The number of nitrogens with zero attached hydrogens (tertiary/aromatic N) is 4. The minimum Gasteiger partial charge on any atom is -0.384 e. The van der Waals surface area contributed by atoms with Crippen LogP contribution >= 0.6 is 0 Å². The quantitative estimate of drug-likeness (QED) is 0.865. The average Bonchev–Trinajstić information content (AvgIpc) is 2.42. The first-order valence-electron chi connectivity index (χ1n) is 6.73. The molecule has 0 aromatic carbocycles. The number of pyridine rings is 1. The molecule has 2 N–H and O–H groups in total. The van der Waals surface area contributed by atoms with Gasteiger partial charge in [0.25, 0.3) is 0 Å². The van der Waals surface area contributed by atoms with Crippen molar-refractivity contribution in [2.45, 2.75) is 13.8 Å². The standard InChI is InChI=1S/C14H21N5O/c1-10(2)8-19(6-7-20-3)14-11-4-5-12(15)18-13(11)16-9-17-14/h4-5,9-10H,6-8H2,1-3H3,(H2,15,16,17,18). The molecule has 0 saturated heterocycles. The molecule has 0 aliphatic carbocycles. The van der Waals surface area contributed by atoms with Crippen LogP contribution in [-0.2, 0) is 4.74 Å². The van der Waals surface area contributed by atoms with Crippen molar-refractivity contribution in [3.8, 4) is 0 Å². The molecule has 0 radical (unpaired) electrons. The van der Waals surface area contributed by atoms with Crippen molar-refractivity contribution in [2.24, 2.45) is 5.92 Å². The molecule has 0 saturated carbocycles. The summed E-state index contributed by atoms with van der Waals surface area (Å²) in [6.07, 6.45) is 1.53. The molecule has 6 heteroatoms. The van der Waals surface area contributed by atoms with Crippen LogP contribution in [0.15, 0.2) is 18.5 Å². The summed E-state index contributed by atoms with van der Waals surface area (Å²) < 4.78 is 5.19. The van der Waals surface area contributed by atoms with Gasteiger partial charge in [-0.25, -0.2) is 15.0 Å². The van der Waals surface area contributed by atoms with Crippen LogP contribution in [0.25, 0.3) is 11.0 Å². The zero-order valence-corrected chi connectivity index (χ0v) is 12.2. The summed E-state index contributed by atoms with van der Waals surface area (Å²) in [6, 6.07) is 3.70. The Labute approximate surface area is 119 Å². The van der Waals surface area contributed by atoms with Crippen LogP contribution in [0, 0.1) is 5.92 Å². The van der Waals surface area contributed by atoms with Crippen molar-refractivity contribution < 1.29 is 4.74 Å². The summed E-state index contributed by atoms with van der Waals surface area (Å²) in [7, 11) is 1.70. The highest BCUT2D eigenvalue weighted by Crippen LogP contribution is 2.23. The summed E-state index contributed by atoms with van der Waals surface area (Å²) in [5.41, 5.74) is 6.33. The van der Waals surface area contributed by atoms with E-state index in [1.54, 1.807) is 13.2 Å². The average molecular weight is 275 g/mol. The lowest BCUT2D eigenvalue weighted by molar-refractivity contribution is 0.204. The zero-order chi connectivity index (χ0) is 14.5. The molecule has 2 aromatic heterocycles. The second-order valence-electron chi connectivity index (χ2n) is 5.14. The number of hydrogen-bond donors (Lipinski definition) is 1. The zero-order valence-electron chi connectivity index (χ0n) is 12.2. The third-order valence-electron chi connectivity index (χ3n) is 2.95. The molecule has 2 rings (SSSR count). The highest BCUT2D eigenvalue weighted by atomic mass is 16.5. The van der Waals surface area contributed by atoms with E-state index in [1.807, 2.05) is 6.07 Å². The highest BCUT2D eigenvalue weighted by molar-refractivity contribution is 5.87. The molecule has 0 fully saturated rings. The fraction of sp³-hybridized carbons (Fsp3) is 0.500. The van der Waals surface area contributed by atoms with Crippen molar-refractivity contribution in [1.82, 2.24) is 15.0 Å². The van der Waals surface area contributed by atoms with Gasteiger partial charge in [0, 0.05) is 20.2 Å². The van der Waals surface area contributed by atoms with Gasteiger partial charge in [-0.2, -0.15) is 0 Å². The summed E-state index contributed by atoms with van der Waals surface area (Å²) in [5.74, 6) is 1.88. The van der Waals surface area contributed by atoms with E-state index in [-0.39, 0.29) is 0 Å². The number of ether oxygens (including phenoxy) is 1. The molecule has 0 atom stereocenters. The Bertz CT molecular complexity index is 572. The normalized spacial score (nSPS) is 11.2. The van der Waals surface area contributed by atoms with Crippen molar-refractivity contribution in [3.05, 3.63) is 18.5 Å². The summed E-state index contributed by atoms with van der Waals surface area (Å²) in [6.45, 7) is 6.70. The van der Waals surface area contributed by atoms with Crippen molar-refractivity contribution in [2.75, 3.05) is 37.4 Å². The fourth-order valence-electron chi connectivity index (χ4n) is 2.12. The Kier molecular flexibility index (Phi) is 4.68. The maximum absolute atomic E-state index is 5.71. The Hall–Kier alpha value is -1.95. The van der Waals surface area contributed by atoms with Gasteiger partial charge in [0.1, 0.15) is 18.0 Å². The van der Waals surface area contributed by atoms with Gasteiger partial charge >= 0.3 is 0 Å². The lowest BCUT2D eigenvalue weighted by Crippen LogP contribution is -2.32. The van der Waals surface area contributed by atoms with Gasteiger partial charge < -0.3 is 15.4 Å². The molecular formula is C14H21N5O. The number of hydrogen-bond acceptors (Lipinski definition) is 6. The monoisotopic (exact) mass is 275 g/mol. The van der Waals surface area contributed by atoms with Crippen molar-refractivity contribution >= 4 is 22.7 Å². The fourth-order valence-corrected chi connectivity index (χ4v) is 2.12. The van der Waals surface area contributed by atoms with Crippen LogP contribution in [0.3, 0.4) is 0 Å². The number of fused-ring (bicyclic) bond motifs is 1. The van der Waals surface area contributed by atoms with Crippen LogP contribution in [0.5, 0.6) is 0 Å². The number of methoxy groups -OCH3 is 1. The first-order valence-corrected chi connectivity index (χ1v) is 6.73. The topological polar surface area (TPSA) is 77.2 Å². The Morgan fingerprint density at radius 1 is 1.30 bits per heavy atom. The summed E-state index contributed by atoms with van der Waals surface area (Å²) >= 11 is 0. The van der Waals surface area contributed by atoms with Crippen LogP contribution in [-0.4, -0.2) is 41.8 Å². The molecule has 20 heavy (non-hydrogen) atoms. The van der Waals surface area contributed by atoms with E-state index in [2.05, 4.69) is 33.7 Å². The lowest BCUT2D eigenvalue weighted by Gasteiger charge is -2.26. The largest absolute Gasteiger partial charge is 0.384 e. The van der Waals surface area contributed by atoms with E-state index < -0.39 is 0 Å². The number of nitrogen functional groups attached to an aromatic ring is 1. The van der Waals surface area contributed by atoms with Crippen molar-refractivity contribution in [3.63, 3.8) is 0 Å². The van der Waals surface area contributed by atoms with E-state index in [4.69, 9.17) is 10.5 Å². The number of anilines is 2. The van der Waals surface area contributed by atoms with Crippen LogP contribution < -0.4 is 10.6 Å². The Morgan fingerprint density at radius 3 is 2.80 bits per heavy atom. The molecule has 6 nitrogen and oxygen atoms in total. The van der Waals surface area contributed by atoms with Gasteiger partial charge in [0.05, 0.1) is 12.0 Å². The van der Waals surface area contributed by atoms with E-state index in [1.165, 1.54) is 6.33 Å². The lowest BCUT2D eigenvalue weighted by atomic mass is 10.2. The predicted octanol–water partition coefficient (Wildman–Crippen LogP) is 1.72. The van der Waals surface area contributed by atoms with E-state index in [9.17, 15) is 0 Å². The van der Waals surface area contributed by atoms with Gasteiger partial charge in [-0.3, -0.25) is 0 Å². The van der Waals surface area contributed by atoms with Crippen LogP contribution in [0.1, 0.15) is 13.8 Å². The van der Waals surface area contributed by atoms with Gasteiger partial charge in [-0.15, -0.1) is 0 Å². The number of aromatic nitrogens is 3. The Morgan fingerprint density at radius 2 is 2.10 bits per heavy atom.